The topological polar surface area (TPSA) is 489 Å². The fraction of sp³-hybridized carbons (Fsp3) is 0.234. The first-order valence-electron chi connectivity index (χ1n) is 43.5. The number of carbonyl (C=O) groups excluding carboxylic acids is 6. The van der Waals surface area contributed by atoms with Crippen molar-refractivity contribution in [3.8, 4) is 29.0 Å². The summed E-state index contributed by atoms with van der Waals surface area (Å²) < 4.78 is 21.0. The maximum Gasteiger partial charge on any atom is 0.357 e. The van der Waals surface area contributed by atoms with Gasteiger partial charge in [-0.05, 0) is 111 Å². The van der Waals surface area contributed by atoms with Crippen LogP contribution in [0.15, 0.2) is 195 Å². The molecule has 4 fully saturated rings. The van der Waals surface area contributed by atoms with Gasteiger partial charge in [0.25, 0.3) is 29.5 Å². The highest BCUT2D eigenvalue weighted by molar-refractivity contribution is 6.29. The molecule has 4 aliphatic carbocycles. The third kappa shape index (κ3) is 18.6. The van der Waals surface area contributed by atoms with Gasteiger partial charge in [-0.25, -0.2) is 61.6 Å². The van der Waals surface area contributed by atoms with Crippen molar-refractivity contribution in [1.82, 2.24) is 125 Å². The molecule has 4 aliphatic rings. The zero-order valence-corrected chi connectivity index (χ0v) is 75.4. The van der Waals surface area contributed by atoms with E-state index in [9.17, 15) is 48.6 Å². The monoisotopic (exact) mass is 1850 g/mol. The number of nitrogens with one attached hydrogen (secondary N) is 8. The number of ether oxygens (including phenoxy) is 2. The highest BCUT2D eigenvalue weighted by Crippen LogP contribution is 2.34. The summed E-state index contributed by atoms with van der Waals surface area (Å²) in [6.07, 6.45) is 13.9. The second kappa shape index (κ2) is 37.9. The Hall–Kier alpha value is -17.3. The Morgan fingerprint density at radius 2 is 0.750 bits per heavy atom. The number of carboxylic acids is 2. The molecule has 10 N–H and O–H groups in total. The van der Waals surface area contributed by atoms with Crippen molar-refractivity contribution in [3.63, 3.8) is 0 Å². The zero-order chi connectivity index (χ0) is 94.9. The number of anilines is 4. The predicted octanol–water partition coefficient (Wildman–Crippen LogP) is 11.1. The Labute approximate surface area is 777 Å². The van der Waals surface area contributed by atoms with Gasteiger partial charge in [0.2, 0.25) is 0 Å². The number of hydrogen-bond acceptors (Lipinski definition) is 26. The van der Waals surface area contributed by atoms with Crippen molar-refractivity contribution < 1.29 is 58.0 Å². The molecule has 0 atom stereocenters. The maximum atomic E-state index is 13.0. The van der Waals surface area contributed by atoms with E-state index in [1.807, 2.05) is 127 Å². The summed E-state index contributed by atoms with van der Waals surface area (Å²) in [5, 5.41) is 80.8. The molecule has 22 rings (SSSR count). The van der Waals surface area contributed by atoms with Crippen molar-refractivity contribution in [2.24, 2.45) is 0 Å². The molecule has 18 aromatic rings. The predicted molar refractivity (Wildman–Crippen MR) is 505 cm³/mol. The van der Waals surface area contributed by atoms with Crippen molar-refractivity contribution in [3.05, 3.63) is 256 Å². The number of halogens is 1. The van der Waals surface area contributed by atoms with Crippen molar-refractivity contribution >= 4 is 148 Å². The standard InChI is InChI=1S/C27H25N7O4.C20H20N8O2.C19H20ClN5O2.C19H17N7O3.C9H8N2O/c1-32(15-16-7-11-18(38-2)12-8-16)21-13-23(33-20-6-4-3-5-19(20)24(31-33)27(36)37)30-34-22(14-28-25(21)34)26(35)29-17-9-10-17;1-21-13-9-16(25-28-15(10-23-18(13)28)19(29)24-11-7-8-11)27-14-6-4-3-5-12(14)17(26-27)20(30)22-2;1-24(11-12-3-7-14(27-2)8-4-12)15-9-17(20)23-25-16(10-21-18(15)25)19(26)22-13-5-6-13;1-20-12-8-15(25-13-5-3-2-4-11(13)16(24-25)19(28)29)23-26-14(9-21-17(12)26)18(27)22-10-6-7-10;1-6(12)9-7-4-2-3-5-8(7)10-11-9/h3-8,11-14,17H,9-10,15H2,1-2H3,(H,29,35)(H,36,37);3-6,9-11,21H,7-8H2,1-2H3,(H,22,30)(H,24,29);3-4,7-10,13H,5-6,11H2,1-2H3,(H,22,26);2-5,8-10,20H,6-7H2,1H3,(H,22,27)(H,28,29);2-5H,1H3,(H,10,11). The van der Waals surface area contributed by atoms with Crippen LogP contribution in [0, 0.1) is 0 Å². The largest absolute Gasteiger partial charge is 0.497 e. The van der Waals surface area contributed by atoms with Crippen LogP contribution >= 0.6 is 11.6 Å². The molecular formula is C94H90ClN29O12. The highest BCUT2D eigenvalue weighted by atomic mass is 35.5. The number of hydrogen-bond donors (Lipinski definition) is 10. The van der Waals surface area contributed by atoms with E-state index in [1.165, 1.54) is 52.9 Å². The van der Waals surface area contributed by atoms with E-state index < -0.39 is 11.9 Å². The molecule has 12 heterocycles. The number of methoxy groups -OCH3 is 2. The van der Waals surface area contributed by atoms with Crippen LogP contribution in [0.4, 0.5) is 22.7 Å². The van der Waals surface area contributed by atoms with Crippen LogP contribution in [0.25, 0.3) is 83.7 Å². The third-order valence-electron chi connectivity index (χ3n) is 22.9. The number of Topliss-reactive ketones (excluding diaryl/α,β-unsaturated/α-hetero) is 1. The fourth-order valence-electron chi connectivity index (χ4n) is 15.3. The summed E-state index contributed by atoms with van der Waals surface area (Å²) in [6.45, 7) is 2.71. The van der Waals surface area contributed by atoms with E-state index >= 15 is 0 Å². The van der Waals surface area contributed by atoms with Crippen molar-refractivity contribution in [2.45, 2.75) is 95.5 Å². The minimum absolute atomic E-state index is 0.00699. The molecule has 0 unspecified atom stereocenters. The number of carbonyl (C=O) groups is 8. The van der Waals surface area contributed by atoms with Gasteiger partial charge in [-0.1, -0.05) is 109 Å². The van der Waals surface area contributed by atoms with E-state index in [0.29, 0.717) is 137 Å². The lowest BCUT2D eigenvalue weighted by Crippen LogP contribution is -2.27. The van der Waals surface area contributed by atoms with Crippen molar-refractivity contribution in [1.29, 1.82) is 0 Å². The molecule has 0 spiro atoms. The number of ketones is 1. The molecular weight excluding hydrogens is 1760 g/mol. The Kier molecular flexibility index (Phi) is 24.9. The number of rotatable bonds is 25. The second-order valence-electron chi connectivity index (χ2n) is 32.7. The van der Waals surface area contributed by atoms with E-state index in [0.717, 1.165) is 96.1 Å². The molecule has 12 aromatic heterocycles. The lowest BCUT2D eigenvalue weighted by molar-refractivity contribution is 0.0681. The van der Waals surface area contributed by atoms with E-state index in [-0.39, 0.29) is 70.9 Å². The number of benzene rings is 6. The number of aromatic nitrogens is 20. The molecule has 136 heavy (non-hydrogen) atoms. The van der Waals surface area contributed by atoms with Crippen LogP contribution in [-0.4, -0.2) is 229 Å². The van der Waals surface area contributed by atoms with Gasteiger partial charge in [-0.15, -0.1) is 15.3 Å². The van der Waals surface area contributed by atoms with Gasteiger partial charge in [0, 0.05) is 125 Å². The number of aromatic amines is 1. The Morgan fingerprint density at radius 3 is 1.12 bits per heavy atom. The molecule has 0 bridgehead atoms. The van der Waals surface area contributed by atoms with Crippen LogP contribution in [0.2, 0.25) is 5.15 Å². The summed E-state index contributed by atoms with van der Waals surface area (Å²) in [5.74, 6) is -0.687. The van der Waals surface area contributed by atoms with Crippen LogP contribution < -0.4 is 56.5 Å². The molecule has 42 heteroatoms. The minimum atomic E-state index is -1.13. The van der Waals surface area contributed by atoms with Gasteiger partial charge >= 0.3 is 11.9 Å². The number of carboxylic acid groups (broad SMARTS) is 2. The number of aromatic carboxylic acids is 2. The number of imidazole rings is 4. The molecule has 6 aromatic carbocycles. The van der Waals surface area contributed by atoms with E-state index in [4.69, 9.17) is 26.2 Å². The quantitative estimate of drug-likeness (QED) is 0.0238. The lowest BCUT2D eigenvalue weighted by Gasteiger charge is -2.21. The zero-order valence-electron chi connectivity index (χ0n) is 74.6. The fourth-order valence-corrected chi connectivity index (χ4v) is 15.5. The van der Waals surface area contributed by atoms with Gasteiger partial charge in [-0.2, -0.15) is 25.5 Å². The smallest absolute Gasteiger partial charge is 0.357 e. The van der Waals surface area contributed by atoms with Crippen LogP contribution in [0.1, 0.15) is 153 Å². The first-order valence-corrected chi connectivity index (χ1v) is 43.9. The summed E-state index contributed by atoms with van der Waals surface area (Å²) >= 11 is 6.23. The average molecular weight is 1850 g/mol. The maximum absolute atomic E-state index is 13.0. The van der Waals surface area contributed by atoms with Crippen LogP contribution in [0.5, 0.6) is 11.5 Å². The molecule has 41 nitrogen and oxygen atoms in total. The van der Waals surface area contributed by atoms with Gasteiger partial charge in [-0.3, -0.25) is 33.9 Å². The van der Waals surface area contributed by atoms with Gasteiger partial charge in [0.15, 0.2) is 90.8 Å². The van der Waals surface area contributed by atoms with Crippen molar-refractivity contribution in [2.75, 3.05) is 69.9 Å². The lowest BCUT2D eigenvalue weighted by atomic mass is 10.2. The van der Waals surface area contributed by atoms with Crippen LogP contribution in [-0.2, 0) is 13.1 Å². The normalized spacial score (nSPS) is 13.2. The highest BCUT2D eigenvalue weighted by Gasteiger charge is 2.33. The Bertz CT molecular complexity index is 7710. The Balaban J connectivity index is 0.000000117. The molecule has 0 radical (unpaired) electrons. The number of para-hydroxylation sites is 4. The minimum Gasteiger partial charge on any atom is -0.497 e. The second-order valence-corrected chi connectivity index (χ2v) is 33.1. The summed E-state index contributed by atoms with van der Waals surface area (Å²) in [6, 6.07) is 52.7. The number of nitrogens with zero attached hydrogens (tertiary/aromatic N) is 21. The molecule has 690 valence electrons. The molecule has 4 saturated carbocycles. The van der Waals surface area contributed by atoms with Gasteiger partial charge in [0.05, 0.1) is 83.8 Å². The molecule has 0 saturated heterocycles. The number of amides is 5. The van der Waals surface area contributed by atoms with E-state index in [1.54, 1.807) is 113 Å². The number of H-pyrrole nitrogens is 1. The SMILES string of the molecule is CC(=O)c1n[nH]c2ccccc12.CNC(=O)c1nn(-c2cc(NC)c3ncc(C(=O)NC4CC4)n3n2)c2ccccc12.CNc1cc(-n2nc(C(=O)O)c3ccccc32)nn2c(C(=O)NC3CC3)cnc12.COc1ccc(CN(C)c2cc(-n3nc(C(=O)O)c4ccccc43)nn3c(C(=O)NC4CC4)cnc23)cc1.COc1ccc(CN(C)c2cc(Cl)nn3c(C(=O)NC4CC4)cnc23)cc1. The summed E-state index contributed by atoms with van der Waals surface area (Å²) in [7, 11) is 12.2. The average Bonchev–Trinajstić information content (AvgIpc) is 1.44. The van der Waals surface area contributed by atoms with Crippen LogP contribution in [0.3, 0.4) is 0 Å². The Morgan fingerprint density at radius 1 is 0.412 bits per heavy atom. The van der Waals surface area contributed by atoms with Gasteiger partial charge < -0.3 is 66.7 Å². The summed E-state index contributed by atoms with van der Waals surface area (Å²) in [4.78, 5) is 119. The number of fused-ring (bicyclic) bond motifs is 8. The van der Waals surface area contributed by atoms with E-state index in [2.05, 4.69) is 97.9 Å². The summed E-state index contributed by atoms with van der Waals surface area (Å²) in [5.41, 5.74) is 11.9. The van der Waals surface area contributed by atoms with Gasteiger partial charge in [0.1, 0.15) is 17.2 Å². The first-order chi connectivity index (χ1) is 65.9. The third-order valence-corrected chi connectivity index (χ3v) is 23.1. The molecule has 5 amide bonds. The first kappa shape index (κ1) is 89.3. The molecule has 0 aliphatic heterocycles.